The molecule has 0 unspecified atom stereocenters. The van der Waals surface area contributed by atoms with E-state index in [0.717, 1.165) is 6.54 Å². The van der Waals surface area contributed by atoms with Gasteiger partial charge in [0, 0.05) is 36.1 Å². The quantitative estimate of drug-likeness (QED) is 0.242. The maximum atomic E-state index is 3.66. The Balaban J connectivity index is 1.36. The Hall–Kier alpha value is -1.14. The minimum atomic E-state index is 1.10. The molecule has 1 nitrogen and oxygen atoms in total. The second-order valence-electron chi connectivity index (χ2n) is 7.16. The Labute approximate surface area is 175 Å². The van der Waals surface area contributed by atoms with Gasteiger partial charge in [-0.3, -0.25) is 0 Å². The summed E-state index contributed by atoms with van der Waals surface area (Å²) < 4.78 is 8.63. The number of thiophene rings is 4. The van der Waals surface area contributed by atoms with Gasteiger partial charge in [0.05, 0.1) is 14.4 Å². The Morgan fingerprint density at radius 3 is 2.41 bits per heavy atom. The van der Waals surface area contributed by atoms with E-state index < -0.39 is 0 Å². The third-order valence-electron chi connectivity index (χ3n) is 5.17. The summed E-state index contributed by atoms with van der Waals surface area (Å²) in [5.41, 5.74) is 0. The van der Waals surface area contributed by atoms with Crippen LogP contribution in [0.5, 0.6) is 0 Å². The molecule has 0 spiro atoms. The molecule has 1 N–H and O–H groups in total. The summed E-state index contributed by atoms with van der Waals surface area (Å²) in [5.74, 6) is 0. The normalized spacial score (nSPS) is 12.2. The average molecular weight is 430 g/mol. The van der Waals surface area contributed by atoms with Gasteiger partial charge in [0.1, 0.15) is 0 Å². The molecule has 0 aliphatic heterocycles. The molecule has 0 radical (unpaired) electrons. The standard InChI is InChI=1S/C22H23NS4/c1-2-3-4-5-6-7-9-23-20-13-19-22(27-20)15-11-14-17(12-18(15)26-19)25-16-8-10-24-21(14)16/h8,10-13,23H,2-7,9H2,1H3. The van der Waals surface area contributed by atoms with Gasteiger partial charge in [-0.2, -0.15) is 0 Å². The van der Waals surface area contributed by atoms with Crippen LogP contribution in [0.4, 0.5) is 5.00 Å². The fourth-order valence-corrected chi connectivity index (χ4v) is 8.54. The van der Waals surface area contributed by atoms with Crippen LogP contribution >= 0.6 is 45.3 Å². The van der Waals surface area contributed by atoms with Crippen molar-refractivity contribution in [2.24, 2.45) is 0 Å². The summed E-state index contributed by atoms with van der Waals surface area (Å²) in [6.45, 7) is 3.38. The second kappa shape index (κ2) is 7.70. The molecule has 5 rings (SSSR count). The van der Waals surface area contributed by atoms with Crippen LogP contribution in [0.1, 0.15) is 45.4 Å². The van der Waals surface area contributed by atoms with E-state index in [1.807, 2.05) is 45.3 Å². The highest BCUT2D eigenvalue weighted by molar-refractivity contribution is 7.35. The molecule has 4 heterocycles. The zero-order valence-corrected chi connectivity index (χ0v) is 18.7. The van der Waals surface area contributed by atoms with Crippen molar-refractivity contribution in [1.29, 1.82) is 0 Å². The maximum Gasteiger partial charge on any atom is 0.0903 e. The van der Waals surface area contributed by atoms with Crippen molar-refractivity contribution in [2.45, 2.75) is 45.4 Å². The summed E-state index contributed by atoms with van der Waals surface area (Å²) in [7, 11) is 0. The molecule has 0 fully saturated rings. The number of anilines is 1. The van der Waals surface area contributed by atoms with E-state index in [4.69, 9.17) is 0 Å². The summed E-state index contributed by atoms with van der Waals surface area (Å²) in [6.07, 6.45) is 8.12. The molecule has 5 aromatic rings. The highest BCUT2D eigenvalue weighted by atomic mass is 32.1. The average Bonchev–Trinajstić information content (AvgIpc) is 3.39. The van der Waals surface area contributed by atoms with Gasteiger partial charge < -0.3 is 5.32 Å². The van der Waals surface area contributed by atoms with Gasteiger partial charge in [0.25, 0.3) is 0 Å². The number of benzene rings is 1. The number of hydrogen-bond acceptors (Lipinski definition) is 5. The van der Waals surface area contributed by atoms with E-state index in [1.54, 1.807) is 0 Å². The lowest BCUT2D eigenvalue weighted by Gasteiger charge is -2.03. The third kappa shape index (κ3) is 3.39. The summed E-state index contributed by atoms with van der Waals surface area (Å²) >= 11 is 7.67. The highest BCUT2D eigenvalue weighted by Gasteiger charge is 2.13. The maximum absolute atomic E-state index is 3.66. The van der Waals surface area contributed by atoms with Crippen molar-refractivity contribution >= 4 is 89.3 Å². The third-order valence-corrected chi connectivity index (χ3v) is 9.72. The first-order valence-corrected chi connectivity index (χ1v) is 13.2. The molecule has 0 atom stereocenters. The Bertz CT molecular complexity index is 1200. The lowest BCUT2D eigenvalue weighted by Crippen LogP contribution is -1.99. The summed E-state index contributed by atoms with van der Waals surface area (Å²) in [4.78, 5) is 0. The largest absolute Gasteiger partial charge is 0.377 e. The predicted molar refractivity (Wildman–Crippen MR) is 130 cm³/mol. The van der Waals surface area contributed by atoms with Crippen molar-refractivity contribution in [1.82, 2.24) is 0 Å². The lowest BCUT2D eigenvalue weighted by molar-refractivity contribution is 0.617. The molecule has 5 heteroatoms. The molecule has 27 heavy (non-hydrogen) atoms. The molecule has 0 bridgehead atoms. The number of hydrogen-bond donors (Lipinski definition) is 1. The summed E-state index contributed by atoms with van der Waals surface area (Å²) in [5, 5.41) is 10.1. The van der Waals surface area contributed by atoms with Crippen LogP contribution < -0.4 is 5.32 Å². The minimum Gasteiger partial charge on any atom is -0.377 e. The van der Waals surface area contributed by atoms with E-state index in [2.05, 4.69) is 41.9 Å². The number of nitrogens with one attached hydrogen (secondary N) is 1. The zero-order valence-electron chi connectivity index (χ0n) is 15.5. The Kier molecular flexibility index (Phi) is 5.11. The van der Waals surface area contributed by atoms with Crippen molar-refractivity contribution in [3.05, 3.63) is 29.6 Å². The van der Waals surface area contributed by atoms with E-state index in [-0.39, 0.29) is 0 Å². The van der Waals surface area contributed by atoms with Crippen LogP contribution in [-0.2, 0) is 0 Å². The highest BCUT2D eigenvalue weighted by Crippen LogP contribution is 2.46. The van der Waals surface area contributed by atoms with E-state index in [1.165, 1.54) is 82.5 Å². The van der Waals surface area contributed by atoms with Gasteiger partial charge in [-0.25, -0.2) is 0 Å². The van der Waals surface area contributed by atoms with Gasteiger partial charge in [-0.15, -0.1) is 45.3 Å². The van der Waals surface area contributed by atoms with Crippen LogP contribution in [0.2, 0.25) is 0 Å². The molecule has 0 saturated heterocycles. The van der Waals surface area contributed by atoms with E-state index >= 15 is 0 Å². The molecule has 0 aliphatic rings. The van der Waals surface area contributed by atoms with Crippen molar-refractivity contribution in [3.8, 4) is 0 Å². The number of unbranched alkanes of at least 4 members (excludes halogenated alkanes) is 5. The van der Waals surface area contributed by atoms with Gasteiger partial charge in [-0.05, 0) is 36.1 Å². The monoisotopic (exact) mass is 429 g/mol. The summed E-state index contributed by atoms with van der Waals surface area (Å²) in [6, 6.07) is 9.45. The van der Waals surface area contributed by atoms with Crippen LogP contribution in [0.3, 0.4) is 0 Å². The molecule has 140 valence electrons. The second-order valence-corrected chi connectivity index (χ2v) is 11.3. The fraction of sp³-hybridized carbons (Fsp3) is 0.364. The van der Waals surface area contributed by atoms with Crippen molar-refractivity contribution in [3.63, 3.8) is 0 Å². The minimum absolute atomic E-state index is 1.10. The van der Waals surface area contributed by atoms with Crippen molar-refractivity contribution in [2.75, 3.05) is 11.9 Å². The van der Waals surface area contributed by atoms with Crippen LogP contribution in [0.25, 0.3) is 39.0 Å². The first-order chi connectivity index (χ1) is 13.3. The van der Waals surface area contributed by atoms with Crippen LogP contribution in [-0.4, -0.2) is 6.54 Å². The fourth-order valence-electron chi connectivity index (χ4n) is 3.74. The van der Waals surface area contributed by atoms with E-state index in [9.17, 15) is 0 Å². The van der Waals surface area contributed by atoms with Crippen molar-refractivity contribution < 1.29 is 0 Å². The number of rotatable bonds is 8. The molecule has 0 amide bonds. The SMILES string of the molecule is CCCCCCCCNc1cc2sc3cc4sc5ccsc5c4cc3c2s1. The van der Waals surface area contributed by atoms with Gasteiger partial charge in [-0.1, -0.05) is 39.0 Å². The first-order valence-electron chi connectivity index (χ1n) is 9.83. The topological polar surface area (TPSA) is 12.0 Å². The first kappa shape index (κ1) is 17.9. The van der Waals surface area contributed by atoms with Gasteiger partial charge in [0.2, 0.25) is 0 Å². The Morgan fingerprint density at radius 2 is 1.52 bits per heavy atom. The smallest absolute Gasteiger partial charge is 0.0903 e. The van der Waals surface area contributed by atoms with Crippen LogP contribution in [0.15, 0.2) is 29.6 Å². The molecular formula is C22H23NS4. The molecular weight excluding hydrogens is 407 g/mol. The molecule has 4 aromatic heterocycles. The van der Waals surface area contributed by atoms with Gasteiger partial charge in [0.15, 0.2) is 0 Å². The Morgan fingerprint density at radius 1 is 0.741 bits per heavy atom. The predicted octanol–water partition coefficient (Wildman–Crippen LogP) is 9.32. The molecule has 0 saturated carbocycles. The molecule has 1 aromatic carbocycles. The van der Waals surface area contributed by atoms with E-state index in [0.29, 0.717) is 0 Å². The van der Waals surface area contributed by atoms with Crippen LogP contribution in [0, 0.1) is 0 Å². The van der Waals surface area contributed by atoms with Gasteiger partial charge >= 0.3 is 0 Å². The number of fused-ring (bicyclic) bond motifs is 6. The zero-order chi connectivity index (χ0) is 18.2. The lowest BCUT2D eigenvalue weighted by atomic mass is 10.1. The molecule has 0 aliphatic carbocycles.